The third kappa shape index (κ3) is 2.28. The molecule has 0 radical (unpaired) electrons. The Morgan fingerprint density at radius 1 is 1.05 bits per heavy atom. The predicted molar refractivity (Wildman–Crippen MR) is 77.2 cm³/mol. The van der Waals surface area contributed by atoms with E-state index in [1.165, 1.54) is 12.1 Å². The number of benzene rings is 2. The van der Waals surface area contributed by atoms with Gasteiger partial charge in [-0.1, -0.05) is 24.3 Å². The number of aliphatic hydroxyl groups excluding tert-OH is 1. The molecule has 0 aromatic heterocycles. The quantitative estimate of drug-likeness (QED) is 0.918. The second-order valence-corrected chi connectivity index (χ2v) is 6.90. The molecule has 1 heterocycles. The molecule has 0 saturated carbocycles. The highest BCUT2D eigenvalue weighted by atomic mass is 32.2. The number of sulfone groups is 1. The Morgan fingerprint density at radius 3 is 2.57 bits per heavy atom. The van der Waals surface area contributed by atoms with Gasteiger partial charge < -0.3 is 5.11 Å². The molecule has 0 amide bonds. The highest BCUT2D eigenvalue weighted by Gasteiger charge is 2.31. The molecule has 0 saturated heterocycles. The lowest BCUT2D eigenvalue weighted by Gasteiger charge is -2.09. The molecule has 0 fully saturated rings. The second-order valence-electron chi connectivity index (χ2n) is 5.02. The average molecular weight is 302 g/mol. The van der Waals surface area contributed by atoms with Gasteiger partial charge in [0.15, 0.2) is 5.78 Å². The minimum absolute atomic E-state index is 0.0448. The third-order valence-corrected chi connectivity index (χ3v) is 5.54. The number of fused-ring (bicyclic) bond motifs is 2. The van der Waals surface area contributed by atoms with E-state index in [9.17, 15) is 13.2 Å². The van der Waals surface area contributed by atoms with Gasteiger partial charge in [-0.3, -0.25) is 4.79 Å². The number of rotatable bonds is 2. The van der Waals surface area contributed by atoms with E-state index in [0.29, 0.717) is 17.5 Å². The van der Waals surface area contributed by atoms with Crippen LogP contribution in [-0.4, -0.2) is 25.9 Å². The molecule has 21 heavy (non-hydrogen) atoms. The number of hydrogen-bond acceptors (Lipinski definition) is 4. The zero-order valence-electron chi connectivity index (χ0n) is 11.2. The van der Waals surface area contributed by atoms with Crippen molar-refractivity contribution in [3.05, 3.63) is 59.2 Å². The van der Waals surface area contributed by atoms with Crippen LogP contribution in [0.3, 0.4) is 0 Å². The first kappa shape index (κ1) is 14.0. The normalized spacial score (nSPS) is 16.0. The maximum absolute atomic E-state index is 12.8. The van der Waals surface area contributed by atoms with Crippen LogP contribution < -0.4 is 0 Å². The Hall–Kier alpha value is -1.98. The summed E-state index contributed by atoms with van der Waals surface area (Å²) in [6.45, 7) is -0.0661. The fourth-order valence-corrected chi connectivity index (χ4v) is 4.36. The van der Waals surface area contributed by atoms with E-state index in [0.717, 1.165) is 0 Å². The smallest absolute Gasteiger partial charge is 0.207 e. The number of hydrogen-bond donors (Lipinski definition) is 1. The molecule has 4 nitrogen and oxygen atoms in total. The van der Waals surface area contributed by atoms with Gasteiger partial charge in [-0.05, 0) is 35.7 Å². The number of carbonyl (C=O) groups is 1. The van der Waals surface area contributed by atoms with Gasteiger partial charge in [-0.2, -0.15) is 0 Å². The Bertz CT molecular complexity index is 822. The fourth-order valence-electron chi connectivity index (χ4n) is 2.60. The monoisotopic (exact) mass is 302 g/mol. The summed E-state index contributed by atoms with van der Waals surface area (Å²) in [5.41, 5.74) is 1.46. The van der Waals surface area contributed by atoms with Gasteiger partial charge in [0.2, 0.25) is 9.84 Å². The van der Waals surface area contributed by atoms with E-state index in [2.05, 4.69) is 0 Å². The average Bonchev–Trinajstić information content (AvgIpc) is 2.55. The van der Waals surface area contributed by atoms with Crippen LogP contribution in [0.2, 0.25) is 0 Å². The van der Waals surface area contributed by atoms with E-state index in [4.69, 9.17) is 5.11 Å². The summed E-state index contributed by atoms with van der Waals surface area (Å²) in [4.78, 5) is 12.5. The molecule has 0 atom stereocenters. The van der Waals surface area contributed by atoms with Gasteiger partial charge in [-0.25, -0.2) is 8.42 Å². The molecule has 1 aliphatic heterocycles. The molecule has 0 bridgehead atoms. The maximum atomic E-state index is 12.8. The highest BCUT2D eigenvalue weighted by molar-refractivity contribution is 7.91. The lowest BCUT2D eigenvalue weighted by Crippen LogP contribution is -2.07. The minimum Gasteiger partial charge on any atom is -0.396 e. The molecule has 0 aliphatic carbocycles. The van der Waals surface area contributed by atoms with Crippen molar-refractivity contribution in [1.82, 2.24) is 0 Å². The number of Topliss-reactive ketones (excluding diaryl/α,β-unsaturated/α-hetero) is 1. The maximum Gasteiger partial charge on any atom is 0.207 e. The van der Waals surface area contributed by atoms with Crippen LogP contribution in [0.25, 0.3) is 0 Å². The first-order valence-corrected chi connectivity index (χ1v) is 8.12. The fraction of sp³-hybridized carbons (Fsp3) is 0.188. The van der Waals surface area contributed by atoms with Crippen LogP contribution in [0, 0.1) is 0 Å². The molecule has 2 aromatic rings. The Balaban J connectivity index is 2.30. The van der Waals surface area contributed by atoms with Gasteiger partial charge in [0, 0.05) is 18.6 Å². The van der Waals surface area contributed by atoms with Crippen molar-refractivity contribution in [2.45, 2.75) is 22.6 Å². The lowest BCUT2D eigenvalue weighted by atomic mass is 10.0. The molecule has 1 N–H and O–H groups in total. The third-order valence-electron chi connectivity index (χ3n) is 3.65. The zero-order valence-corrected chi connectivity index (χ0v) is 12.1. The predicted octanol–water partition coefficient (Wildman–Crippen LogP) is 1.79. The number of ketones is 1. The Morgan fingerprint density at radius 2 is 1.81 bits per heavy atom. The molecular formula is C16H14O4S. The van der Waals surface area contributed by atoms with E-state index < -0.39 is 9.84 Å². The molecule has 1 aliphatic rings. The van der Waals surface area contributed by atoms with Gasteiger partial charge >= 0.3 is 0 Å². The number of aliphatic hydroxyl groups is 1. The molecular weight excluding hydrogens is 288 g/mol. The number of carbonyl (C=O) groups excluding carboxylic acids is 1. The van der Waals surface area contributed by atoms with Crippen molar-refractivity contribution in [2.24, 2.45) is 0 Å². The van der Waals surface area contributed by atoms with Crippen molar-refractivity contribution in [3.63, 3.8) is 0 Å². The van der Waals surface area contributed by atoms with Crippen molar-refractivity contribution >= 4 is 15.6 Å². The second kappa shape index (κ2) is 5.09. The molecule has 2 aromatic carbocycles. The zero-order chi connectivity index (χ0) is 15.0. The highest BCUT2D eigenvalue weighted by Crippen LogP contribution is 2.32. The Labute approximate surface area is 123 Å². The Kier molecular flexibility index (Phi) is 3.39. The first-order valence-electron chi connectivity index (χ1n) is 6.64. The summed E-state index contributed by atoms with van der Waals surface area (Å²) in [5.74, 6) is -0.200. The topological polar surface area (TPSA) is 71.4 Å². The van der Waals surface area contributed by atoms with Crippen LogP contribution in [0.1, 0.15) is 21.5 Å². The van der Waals surface area contributed by atoms with Gasteiger partial charge in [0.05, 0.1) is 9.79 Å². The van der Waals surface area contributed by atoms with Crippen LogP contribution in [-0.2, 0) is 22.7 Å². The van der Waals surface area contributed by atoms with Crippen molar-refractivity contribution in [2.75, 3.05) is 6.61 Å². The van der Waals surface area contributed by atoms with E-state index in [-0.39, 0.29) is 34.2 Å². The summed E-state index contributed by atoms with van der Waals surface area (Å²) < 4.78 is 25.6. The van der Waals surface area contributed by atoms with Crippen molar-refractivity contribution < 1.29 is 18.3 Å². The summed E-state index contributed by atoms with van der Waals surface area (Å²) in [7, 11) is -3.71. The van der Waals surface area contributed by atoms with Gasteiger partial charge in [-0.15, -0.1) is 0 Å². The molecule has 5 heteroatoms. The summed E-state index contributed by atoms with van der Waals surface area (Å²) in [5, 5.41) is 9.00. The standard InChI is InChI=1S/C16H14O4S/c17-8-7-11-5-6-13-14(18)10-12-3-1-2-4-15(12)21(19,20)16(13)9-11/h1-6,9,17H,7-8,10H2. The molecule has 0 unspecified atom stereocenters. The van der Waals surface area contributed by atoms with Crippen LogP contribution in [0.15, 0.2) is 52.3 Å². The minimum atomic E-state index is -3.71. The summed E-state index contributed by atoms with van der Waals surface area (Å²) >= 11 is 0. The molecule has 3 rings (SSSR count). The summed E-state index contributed by atoms with van der Waals surface area (Å²) in [6.07, 6.45) is 0.445. The van der Waals surface area contributed by atoms with E-state index in [1.54, 1.807) is 30.3 Å². The van der Waals surface area contributed by atoms with Crippen LogP contribution in [0.5, 0.6) is 0 Å². The molecule has 0 spiro atoms. The van der Waals surface area contributed by atoms with Crippen molar-refractivity contribution in [1.29, 1.82) is 0 Å². The van der Waals surface area contributed by atoms with Gasteiger partial charge in [0.1, 0.15) is 0 Å². The first-order chi connectivity index (χ1) is 10.0. The lowest BCUT2D eigenvalue weighted by molar-refractivity contribution is 0.0990. The largest absolute Gasteiger partial charge is 0.396 e. The molecule has 108 valence electrons. The van der Waals surface area contributed by atoms with Crippen LogP contribution in [0.4, 0.5) is 0 Å². The summed E-state index contributed by atoms with van der Waals surface area (Å²) in [6, 6.07) is 11.3. The van der Waals surface area contributed by atoms with E-state index >= 15 is 0 Å². The van der Waals surface area contributed by atoms with Crippen molar-refractivity contribution in [3.8, 4) is 0 Å². The van der Waals surface area contributed by atoms with E-state index in [1.807, 2.05) is 0 Å². The van der Waals surface area contributed by atoms with Gasteiger partial charge in [0.25, 0.3) is 0 Å². The SMILES string of the molecule is O=C1Cc2ccccc2S(=O)(=O)c2cc(CCO)ccc21. The van der Waals surface area contributed by atoms with Crippen LogP contribution >= 0.6 is 0 Å².